The van der Waals surface area contributed by atoms with Gasteiger partial charge in [-0.2, -0.15) is 13.5 Å². The Bertz CT molecular complexity index is 69.1. The summed E-state index contributed by atoms with van der Waals surface area (Å²) in [5, 5.41) is 0. The molecule has 4 N–H and O–H groups in total. The molecule has 0 aliphatic heterocycles. The van der Waals surface area contributed by atoms with Crippen LogP contribution in [0.4, 0.5) is 0 Å². The first-order valence-corrected chi connectivity index (χ1v) is 3.91. The van der Waals surface area contributed by atoms with Crippen molar-refractivity contribution in [1.29, 1.82) is 0 Å². The molecule has 0 fully saturated rings. The minimum Gasteiger partial charge on any atom is -0.326 e. The molecule has 0 aliphatic rings. The summed E-state index contributed by atoms with van der Waals surface area (Å²) in [6, 6.07) is 0. The molecule has 0 atom stereocenters. The van der Waals surface area contributed by atoms with Crippen molar-refractivity contribution in [2.75, 3.05) is 0 Å². The minimum atomic E-state index is -3.13. The standard InChI is InChI=1S/2H3O3P.H2S/c2*1-4(2)3;/h2*4H,(H2,1,2,3);1H2. The summed E-state index contributed by atoms with van der Waals surface area (Å²) in [5.41, 5.74) is 0. The monoisotopic (exact) mass is 198 g/mol. The third-order valence-corrected chi connectivity index (χ3v) is 0. The highest BCUT2D eigenvalue weighted by Gasteiger charge is 1.62. The molecule has 0 saturated heterocycles. The quantitative estimate of drug-likeness (QED) is 0.365. The second kappa shape index (κ2) is 11.4. The highest BCUT2D eigenvalue weighted by molar-refractivity contribution is 7.59. The normalized spacial score (nSPS) is 7.78. The van der Waals surface area contributed by atoms with Crippen LogP contribution in [0.2, 0.25) is 0 Å². The van der Waals surface area contributed by atoms with Gasteiger partial charge in [-0.15, -0.1) is 0 Å². The third-order valence-electron chi connectivity index (χ3n) is 0. The lowest BCUT2D eigenvalue weighted by Gasteiger charge is -1.61. The molecule has 0 unspecified atom stereocenters. The molecule has 0 saturated carbocycles. The van der Waals surface area contributed by atoms with Gasteiger partial charge in [0.05, 0.1) is 0 Å². The summed E-state index contributed by atoms with van der Waals surface area (Å²) in [5.74, 6) is 0. The number of hydrogen-bond donors (Lipinski definition) is 4. The van der Waals surface area contributed by atoms with E-state index in [0.717, 1.165) is 0 Å². The van der Waals surface area contributed by atoms with Crippen molar-refractivity contribution in [1.82, 2.24) is 0 Å². The van der Waals surface area contributed by atoms with E-state index in [2.05, 4.69) is 0 Å². The fourth-order valence-corrected chi connectivity index (χ4v) is 0. The fraction of sp³-hybridized carbons (Fsp3) is 0. The Morgan fingerprint density at radius 3 is 0.778 bits per heavy atom. The van der Waals surface area contributed by atoms with E-state index < -0.39 is 16.5 Å². The molecule has 0 aromatic rings. The SMILES string of the molecule is O=[PH](O)O.O=[PH](O)O.S. The van der Waals surface area contributed by atoms with Crippen LogP contribution in [0.25, 0.3) is 0 Å². The lowest BCUT2D eigenvalue weighted by Crippen LogP contribution is -1.38. The van der Waals surface area contributed by atoms with Crippen LogP contribution in [0.1, 0.15) is 0 Å². The molecule has 0 aromatic carbocycles. The molecule has 0 aromatic heterocycles. The van der Waals surface area contributed by atoms with Crippen LogP contribution in [0.15, 0.2) is 0 Å². The van der Waals surface area contributed by atoms with Crippen molar-refractivity contribution < 1.29 is 28.7 Å². The van der Waals surface area contributed by atoms with Crippen molar-refractivity contribution in [2.24, 2.45) is 0 Å². The van der Waals surface area contributed by atoms with Gasteiger partial charge >= 0.3 is 16.5 Å². The Morgan fingerprint density at radius 2 is 0.778 bits per heavy atom. The molecular formula is H8O6P2S. The molecule has 0 bridgehead atoms. The van der Waals surface area contributed by atoms with Crippen molar-refractivity contribution >= 4 is 30.0 Å². The van der Waals surface area contributed by atoms with E-state index in [1.54, 1.807) is 0 Å². The Balaban J connectivity index is -0.0000000720. The first-order chi connectivity index (χ1) is 3.46. The maximum Gasteiger partial charge on any atom is 0.314 e. The highest BCUT2D eigenvalue weighted by atomic mass is 32.1. The molecule has 9 heavy (non-hydrogen) atoms. The highest BCUT2D eigenvalue weighted by Crippen LogP contribution is 1.98. The van der Waals surface area contributed by atoms with Crippen molar-refractivity contribution in [3.63, 3.8) is 0 Å². The van der Waals surface area contributed by atoms with Crippen LogP contribution in [-0.2, 0) is 9.13 Å². The van der Waals surface area contributed by atoms with Gasteiger partial charge in [-0.3, -0.25) is 9.13 Å². The van der Waals surface area contributed by atoms with Gasteiger partial charge in [0.25, 0.3) is 0 Å². The van der Waals surface area contributed by atoms with Gasteiger partial charge in [-0.05, 0) is 0 Å². The van der Waals surface area contributed by atoms with E-state index in [0.29, 0.717) is 0 Å². The van der Waals surface area contributed by atoms with Gasteiger partial charge < -0.3 is 19.6 Å². The van der Waals surface area contributed by atoms with Crippen molar-refractivity contribution in [3.8, 4) is 0 Å². The van der Waals surface area contributed by atoms with E-state index >= 15 is 0 Å². The van der Waals surface area contributed by atoms with Crippen LogP contribution in [0.5, 0.6) is 0 Å². The molecule has 0 amide bonds. The molecular weight excluding hydrogens is 190 g/mol. The van der Waals surface area contributed by atoms with Gasteiger partial charge in [0.1, 0.15) is 0 Å². The Morgan fingerprint density at radius 1 is 0.778 bits per heavy atom. The van der Waals surface area contributed by atoms with E-state index in [9.17, 15) is 0 Å². The third kappa shape index (κ3) is 905. The van der Waals surface area contributed by atoms with Gasteiger partial charge in [0.2, 0.25) is 0 Å². The predicted octanol–water partition coefficient (Wildman–Crippen LogP) is -1.17. The summed E-state index contributed by atoms with van der Waals surface area (Å²) in [6.07, 6.45) is 0. The maximum atomic E-state index is 8.74. The van der Waals surface area contributed by atoms with Crippen LogP contribution < -0.4 is 0 Å². The van der Waals surface area contributed by atoms with E-state index in [1.165, 1.54) is 0 Å². The predicted molar refractivity (Wildman–Crippen MR) is 37.3 cm³/mol. The molecule has 0 spiro atoms. The Kier molecular flexibility index (Phi) is 20.8. The van der Waals surface area contributed by atoms with Gasteiger partial charge in [-0.1, -0.05) is 0 Å². The molecule has 60 valence electrons. The Labute approximate surface area is 59.5 Å². The molecule has 0 rings (SSSR count). The topological polar surface area (TPSA) is 115 Å². The van der Waals surface area contributed by atoms with Gasteiger partial charge in [-0.25, -0.2) is 0 Å². The smallest absolute Gasteiger partial charge is 0.314 e. The second-order valence-corrected chi connectivity index (χ2v) is 1.70. The van der Waals surface area contributed by atoms with Crippen molar-refractivity contribution in [3.05, 3.63) is 0 Å². The zero-order valence-electron chi connectivity index (χ0n) is 4.11. The lowest BCUT2D eigenvalue weighted by molar-refractivity contribution is 0.403. The molecule has 6 nitrogen and oxygen atoms in total. The maximum absolute atomic E-state index is 8.74. The Hall–Kier alpha value is 0.650. The van der Waals surface area contributed by atoms with E-state index in [1.807, 2.05) is 0 Å². The zero-order chi connectivity index (χ0) is 7.15. The molecule has 0 radical (unpaired) electrons. The summed E-state index contributed by atoms with van der Waals surface area (Å²) in [6.45, 7) is 0. The lowest BCUT2D eigenvalue weighted by atomic mass is 15.8. The number of rotatable bonds is 0. The van der Waals surface area contributed by atoms with E-state index in [-0.39, 0.29) is 13.5 Å². The average molecular weight is 198 g/mol. The summed E-state index contributed by atoms with van der Waals surface area (Å²) < 4.78 is 17.5. The summed E-state index contributed by atoms with van der Waals surface area (Å²) in [7, 11) is -6.26. The van der Waals surface area contributed by atoms with Crippen LogP contribution >= 0.6 is 30.0 Å². The van der Waals surface area contributed by atoms with Gasteiger partial charge in [0, 0.05) is 0 Å². The van der Waals surface area contributed by atoms with Crippen LogP contribution in [0, 0.1) is 0 Å². The summed E-state index contributed by atoms with van der Waals surface area (Å²) >= 11 is 0. The molecule has 0 aliphatic carbocycles. The van der Waals surface area contributed by atoms with Crippen LogP contribution in [-0.4, -0.2) is 19.6 Å². The van der Waals surface area contributed by atoms with E-state index in [4.69, 9.17) is 28.7 Å². The van der Waals surface area contributed by atoms with Gasteiger partial charge in [0.15, 0.2) is 0 Å². The molecule has 0 heterocycles. The second-order valence-electron chi connectivity index (χ2n) is 0.565. The largest absolute Gasteiger partial charge is 0.326 e. The molecule has 9 heteroatoms. The van der Waals surface area contributed by atoms with Crippen LogP contribution in [0.3, 0.4) is 0 Å². The number of hydrogen-bond acceptors (Lipinski definition) is 2. The van der Waals surface area contributed by atoms with Crippen molar-refractivity contribution in [2.45, 2.75) is 0 Å². The first-order valence-electron chi connectivity index (χ1n) is 1.30. The fourth-order valence-electron chi connectivity index (χ4n) is 0. The minimum absolute atomic E-state index is 0. The summed E-state index contributed by atoms with van der Waals surface area (Å²) in [4.78, 5) is 28.6. The average Bonchev–Trinajstić information content (AvgIpc) is 1.25. The zero-order valence-corrected chi connectivity index (χ0v) is 7.11. The first kappa shape index (κ1) is 16.3.